The fourth-order valence-corrected chi connectivity index (χ4v) is 1.06. The van der Waals surface area contributed by atoms with Crippen LogP contribution in [0.25, 0.3) is 0 Å². The number of aromatic nitrogens is 2. The zero-order valence-corrected chi connectivity index (χ0v) is 7.84. The number of rotatable bonds is 3. The van der Waals surface area contributed by atoms with E-state index in [-0.39, 0.29) is 5.78 Å². The number of halogens is 1. The van der Waals surface area contributed by atoms with Crippen molar-refractivity contribution in [2.45, 2.75) is 19.9 Å². The highest BCUT2D eigenvalue weighted by molar-refractivity contribution is 9.10. The molecule has 4 heteroatoms. The van der Waals surface area contributed by atoms with Gasteiger partial charge in [-0.2, -0.15) is 5.10 Å². The molecule has 0 aromatic carbocycles. The molecule has 60 valence electrons. The van der Waals surface area contributed by atoms with E-state index in [4.69, 9.17) is 0 Å². The van der Waals surface area contributed by atoms with Gasteiger partial charge in [0.25, 0.3) is 0 Å². The molecule has 1 rings (SSSR count). The van der Waals surface area contributed by atoms with Gasteiger partial charge in [0.15, 0.2) is 0 Å². The summed E-state index contributed by atoms with van der Waals surface area (Å²) in [7, 11) is 0. The summed E-state index contributed by atoms with van der Waals surface area (Å²) in [6, 6.07) is 0. The lowest BCUT2D eigenvalue weighted by atomic mass is 10.3. The van der Waals surface area contributed by atoms with E-state index in [1.54, 1.807) is 17.8 Å². The van der Waals surface area contributed by atoms with E-state index in [0.717, 1.165) is 4.47 Å². The molecule has 1 aromatic heterocycles. The van der Waals surface area contributed by atoms with Crippen LogP contribution in [0.4, 0.5) is 0 Å². The monoisotopic (exact) mass is 216 g/mol. The van der Waals surface area contributed by atoms with Crippen molar-refractivity contribution < 1.29 is 4.79 Å². The smallest absolute Gasteiger partial charge is 0.131 e. The average Bonchev–Trinajstić information content (AvgIpc) is 2.31. The van der Waals surface area contributed by atoms with Crippen LogP contribution in [0.5, 0.6) is 0 Å². The molecule has 0 unspecified atom stereocenters. The number of hydrogen-bond acceptors (Lipinski definition) is 2. The lowest BCUT2D eigenvalue weighted by Crippen LogP contribution is -2.02. The van der Waals surface area contributed by atoms with Gasteiger partial charge in [0, 0.05) is 19.2 Å². The number of carbonyl (C=O) groups excluding carboxylic acids is 1. The van der Waals surface area contributed by atoms with Crippen LogP contribution in [-0.2, 0) is 11.3 Å². The lowest BCUT2D eigenvalue weighted by Gasteiger charge is -1.95. The highest BCUT2D eigenvalue weighted by Crippen LogP contribution is 2.06. The second-order valence-corrected chi connectivity index (χ2v) is 3.29. The maximum Gasteiger partial charge on any atom is 0.131 e. The molecule has 1 aromatic rings. The third kappa shape index (κ3) is 2.84. The number of nitrogens with zero attached hydrogens (tertiary/aromatic N) is 2. The minimum atomic E-state index is 0.191. The number of ketones is 1. The Morgan fingerprint density at radius 1 is 1.82 bits per heavy atom. The summed E-state index contributed by atoms with van der Waals surface area (Å²) in [4.78, 5) is 10.6. The Bertz CT molecular complexity index is 257. The first-order valence-corrected chi connectivity index (χ1v) is 4.15. The fourth-order valence-electron chi connectivity index (χ4n) is 0.733. The van der Waals surface area contributed by atoms with Crippen molar-refractivity contribution in [2.24, 2.45) is 0 Å². The average molecular weight is 217 g/mol. The first-order chi connectivity index (χ1) is 5.18. The molecule has 0 bridgehead atoms. The number of hydrogen-bond donors (Lipinski definition) is 0. The first kappa shape index (κ1) is 8.46. The molecule has 3 nitrogen and oxygen atoms in total. The first-order valence-electron chi connectivity index (χ1n) is 3.36. The van der Waals surface area contributed by atoms with Crippen molar-refractivity contribution in [1.29, 1.82) is 0 Å². The van der Waals surface area contributed by atoms with E-state index >= 15 is 0 Å². The summed E-state index contributed by atoms with van der Waals surface area (Å²) in [6.45, 7) is 2.25. The molecule has 0 aliphatic carbocycles. The van der Waals surface area contributed by atoms with Crippen LogP contribution < -0.4 is 0 Å². The molecule has 0 N–H and O–H groups in total. The Morgan fingerprint density at radius 2 is 2.55 bits per heavy atom. The summed E-state index contributed by atoms with van der Waals surface area (Å²) in [5.41, 5.74) is 0. The summed E-state index contributed by atoms with van der Waals surface area (Å²) in [5.74, 6) is 0.191. The lowest BCUT2D eigenvalue weighted by molar-refractivity contribution is -0.117. The zero-order valence-electron chi connectivity index (χ0n) is 6.25. The zero-order chi connectivity index (χ0) is 8.27. The maximum atomic E-state index is 10.6. The number of aryl methyl sites for hydroxylation is 1. The van der Waals surface area contributed by atoms with Gasteiger partial charge >= 0.3 is 0 Å². The van der Waals surface area contributed by atoms with Gasteiger partial charge in [-0.25, -0.2) is 0 Å². The van der Waals surface area contributed by atoms with Gasteiger partial charge in [0.05, 0.1) is 10.7 Å². The Hall–Kier alpha value is -0.640. The molecule has 0 aliphatic heterocycles. The summed E-state index contributed by atoms with van der Waals surface area (Å²) in [6.07, 6.45) is 4.11. The van der Waals surface area contributed by atoms with E-state index < -0.39 is 0 Å². The highest BCUT2D eigenvalue weighted by atomic mass is 79.9. The molecule has 0 saturated heterocycles. The van der Waals surface area contributed by atoms with E-state index in [1.807, 2.05) is 6.20 Å². The quantitative estimate of drug-likeness (QED) is 0.771. The molecule has 0 atom stereocenters. The molecular formula is C7H9BrN2O. The molecule has 0 aliphatic rings. The number of carbonyl (C=O) groups is 1. The van der Waals surface area contributed by atoms with Gasteiger partial charge in [0.1, 0.15) is 5.78 Å². The van der Waals surface area contributed by atoms with E-state index in [0.29, 0.717) is 13.0 Å². The molecule has 0 spiro atoms. The summed E-state index contributed by atoms with van der Waals surface area (Å²) >= 11 is 3.27. The molecule has 0 radical (unpaired) electrons. The van der Waals surface area contributed by atoms with Crippen LogP contribution in [0, 0.1) is 0 Å². The summed E-state index contributed by atoms with van der Waals surface area (Å²) in [5, 5.41) is 4.01. The van der Waals surface area contributed by atoms with E-state index in [2.05, 4.69) is 21.0 Å². The van der Waals surface area contributed by atoms with Crippen molar-refractivity contribution in [3.8, 4) is 0 Å². The van der Waals surface area contributed by atoms with E-state index in [1.165, 1.54) is 0 Å². The Kier molecular flexibility index (Phi) is 2.82. The highest BCUT2D eigenvalue weighted by Gasteiger charge is 1.96. The largest absolute Gasteiger partial charge is 0.300 e. The predicted molar refractivity (Wildman–Crippen MR) is 45.2 cm³/mol. The molecule has 1 heterocycles. The van der Waals surface area contributed by atoms with Crippen molar-refractivity contribution in [2.75, 3.05) is 0 Å². The Balaban J connectivity index is 2.45. The van der Waals surface area contributed by atoms with Gasteiger partial charge in [-0.05, 0) is 22.9 Å². The van der Waals surface area contributed by atoms with Gasteiger partial charge in [-0.15, -0.1) is 0 Å². The second-order valence-electron chi connectivity index (χ2n) is 2.37. The fraction of sp³-hybridized carbons (Fsp3) is 0.429. The van der Waals surface area contributed by atoms with Crippen molar-refractivity contribution in [1.82, 2.24) is 9.78 Å². The topological polar surface area (TPSA) is 34.9 Å². The third-order valence-corrected chi connectivity index (χ3v) is 1.70. The molecular weight excluding hydrogens is 208 g/mol. The third-order valence-electron chi connectivity index (χ3n) is 1.29. The Labute approximate surface area is 73.5 Å². The van der Waals surface area contributed by atoms with E-state index in [9.17, 15) is 4.79 Å². The van der Waals surface area contributed by atoms with Crippen LogP contribution in [0.15, 0.2) is 16.9 Å². The predicted octanol–water partition coefficient (Wildman–Crippen LogP) is 1.62. The molecule has 0 saturated carbocycles. The maximum absolute atomic E-state index is 10.6. The van der Waals surface area contributed by atoms with Gasteiger partial charge in [0.2, 0.25) is 0 Å². The molecule has 0 amide bonds. The Morgan fingerprint density at radius 3 is 3.00 bits per heavy atom. The SMILES string of the molecule is CC(=O)CCn1cc(Br)cn1. The normalized spacial score (nSPS) is 10.0. The van der Waals surface area contributed by atoms with Crippen LogP contribution in [0.3, 0.4) is 0 Å². The minimum absolute atomic E-state index is 0.191. The molecule has 0 fully saturated rings. The summed E-state index contributed by atoms with van der Waals surface area (Å²) < 4.78 is 2.69. The van der Waals surface area contributed by atoms with Gasteiger partial charge in [-0.3, -0.25) is 9.48 Å². The van der Waals surface area contributed by atoms with Crippen molar-refractivity contribution in [3.05, 3.63) is 16.9 Å². The minimum Gasteiger partial charge on any atom is -0.300 e. The number of Topliss-reactive ketones (excluding diaryl/α,β-unsaturated/α-hetero) is 1. The second kappa shape index (κ2) is 3.67. The van der Waals surface area contributed by atoms with Crippen LogP contribution in [-0.4, -0.2) is 15.6 Å². The van der Waals surface area contributed by atoms with Crippen LogP contribution in [0.2, 0.25) is 0 Å². The van der Waals surface area contributed by atoms with Crippen molar-refractivity contribution in [3.63, 3.8) is 0 Å². The standard InChI is InChI=1S/C7H9BrN2O/c1-6(11)2-3-10-5-7(8)4-9-10/h4-5H,2-3H2,1H3. The van der Waals surface area contributed by atoms with Gasteiger partial charge in [-0.1, -0.05) is 0 Å². The molecule has 11 heavy (non-hydrogen) atoms. The van der Waals surface area contributed by atoms with Crippen LogP contribution in [0.1, 0.15) is 13.3 Å². The van der Waals surface area contributed by atoms with Crippen LogP contribution >= 0.6 is 15.9 Å². The van der Waals surface area contributed by atoms with Gasteiger partial charge < -0.3 is 0 Å². The van der Waals surface area contributed by atoms with Crippen molar-refractivity contribution >= 4 is 21.7 Å².